The van der Waals surface area contributed by atoms with Crippen molar-refractivity contribution in [2.24, 2.45) is 5.73 Å². The molecular weight excluding hydrogens is 388 g/mol. The molecule has 0 aromatic heterocycles. The predicted octanol–water partition coefficient (Wildman–Crippen LogP) is -3.91. The van der Waals surface area contributed by atoms with Crippen LogP contribution >= 0.6 is 0 Å². The first-order valence-corrected chi connectivity index (χ1v) is 10.2. The van der Waals surface area contributed by atoms with Crippen molar-refractivity contribution in [3.05, 3.63) is 0 Å². The van der Waals surface area contributed by atoms with Crippen molar-refractivity contribution in [1.29, 1.82) is 0 Å². The Balaban J connectivity index is 1.98. The van der Waals surface area contributed by atoms with Crippen molar-refractivity contribution in [2.75, 3.05) is 32.8 Å². The Bertz CT molecular complexity index is 473. The van der Waals surface area contributed by atoms with Gasteiger partial charge in [-0.05, 0) is 25.9 Å². The maximum absolute atomic E-state index is 10.7. The lowest BCUT2D eigenvalue weighted by molar-refractivity contribution is -0.330. The number of aliphatic hydroxyl groups excluding tert-OH is 7. The third kappa shape index (κ3) is 6.05. The van der Waals surface area contributed by atoms with E-state index in [1.807, 2.05) is 0 Å². The average molecular weight is 424 g/mol. The summed E-state index contributed by atoms with van der Waals surface area (Å²) in [7, 11) is 0. The summed E-state index contributed by atoms with van der Waals surface area (Å²) in [4.78, 5) is 1.80. The number of ether oxygens (including phenoxy) is 2. The summed E-state index contributed by atoms with van der Waals surface area (Å²) in [5.41, 5.74) is 5.47. The Morgan fingerprint density at radius 1 is 0.862 bits per heavy atom. The average Bonchev–Trinajstić information content (AvgIpc) is 2.70. The van der Waals surface area contributed by atoms with Crippen LogP contribution in [0.2, 0.25) is 0 Å². The molecular formula is C18H36N2O9. The highest BCUT2D eigenvalue weighted by molar-refractivity contribution is 4.97. The van der Waals surface area contributed by atoms with Gasteiger partial charge in [-0.25, -0.2) is 0 Å². The van der Waals surface area contributed by atoms with Crippen molar-refractivity contribution in [3.63, 3.8) is 0 Å². The zero-order chi connectivity index (χ0) is 21.6. The standard InChI is InChI=1S/C18H36N2O9/c19-5-3-1-2-4-6-20-7-11(23)17(13(24)10(20)8-21)29-18-16(27)15(26)14(25)12(9-22)28-18/h10-18,21-27H,1-9,19H2/t10-,11-,12-,13-,14-,15+,16-,17-,18-/m1/s1. The van der Waals surface area contributed by atoms with E-state index < -0.39 is 61.7 Å². The Kier molecular flexibility index (Phi) is 10.1. The molecule has 2 aliphatic rings. The van der Waals surface area contributed by atoms with Crippen LogP contribution in [0.25, 0.3) is 0 Å². The molecule has 2 aliphatic heterocycles. The van der Waals surface area contributed by atoms with E-state index in [1.165, 1.54) is 0 Å². The van der Waals surface area contributed by atoms with E-state index in [1.54, 1.807) is 4.90 Å². The number of hydrogen-bond acceptors (Lipinski definition) is 11. The van der Waals surface area contributed by atoms with E-state index in [0.717, 1.165) is 25.7 Å². The number of aliphatic hydroxyl groups is 7. The van der Waals surface area contributed by atoms with Crippen LogP contribution in [0.4, 0.5) is 0 Å². The second kappa shape index (κ2) is 11.8. The van der Waals surface area contributed by atoms with Crippen molar-refractivity contribution < 1.29 is 45.2 Å². The van der Waals surface area contributed by atoms with Crippen molar-refractivity contribution >= 4 is 0 Å². The monoisotopic (exact) mass is 424 g/mol. The smallest absolute Gasteiger partial charge is 0.187 e. The number of nitrogens with zero attached hydrogens (tertiary/aromatic N) is 1. The Hall–Kier alpha value is -0.440. The molecule has 11 nitrogen and oxygen atoms in total. The minimum absolute atomic E-state index is 0.140. The number of unbranched alkanes of at least 4 members (excludes halogenated alkanes) is 3. The zero-order valence-corrected chi connectivity index (χ0v) is 16.5. The van der Waals surface area contributed by atoms with Gasteiger partial charge in [-0.2, -0.15) is 0 Å². The molecule has 0 amide bonds. The third-order valence-electron chi connectivity index (χ3n) is 5.73. The van der Waals surface area contributed by atoms with E-state index in [9.17, 15) is 35.7 Å². The van der Waals surface area contributed by atoms with Crippen LogP contribution in [0.1, 0.15) is 25.7 Å². The SMILES string of the molecule is NCCCCCCN1C[C@@H](O)[C@@H](O[C@H]2O[C@H](CO)[C@@H](O)[C@H](O)[C@H]2O)[C@H](O)[C@H]1CO. The number of rotatable bonds is 10. The van der Waals surface area contributed by atoms with Gasteiger partial charge in [0.15, 0.2) is 6.29 Å². The van der Waals surface area contributed by atoms with Crippen LogP contribution in [0.5, 0.6) is 0 Å². The van der Waals surface area contributed by atoms with Crippen LogP contribution < -0.4 is 5.73 Å². The van der Waals surface area contributed by atoms with Gasteiger partial charge in [0.2, 0.25) is 0 Å². The molecule has 2 rings (SSSR count). The lowest BCUT2D eigenvalue weighted by atomic mass is 9.93. The summed E-state index contributed by atoms with van der Waals surface area (Å²) in [5.74, 6) is 0. The maximum Gasteiger partial charge on any atom is 0.187 e. The van der Waals surface area contributed by atoms with Crippen molar-refractivity contribution in [1.82, 2.24) is 4.90 Å². The zero-order valence-electron chi connectivity index (χ0n) is 16.5. The summed E-state index contributed by atoms with van der Waals surface area (Å²) < 4.78 is 10.8. The minimum Gasteiger partial charge on any atom is -0.395 e. The Morgan fingerprint density at radius 2 is 1.55 bits per heavy atom. The number of hydrogen-bond donors (Lipinski definition) is 8. The molecule has 0 unspecified atom stereocenters. The third-order valence-corrected chi connectivity index (χ3v) is 5.73. The summed E-state index contributed by atoms with van der Waals surface area (Å²) >= 11 is 0. The highest BCUT2D eigenvalue weighted by Gasteiger charge is 2.49. The first kappa shape index (κ1) is 24.8. The van der Waals surface area contributed by atoms with Gasteiger partial charge < -0.3 is 51.0 Å². The molecule has 0 bridgehead atoms. The summed E-state index contributed by atoms with van der Waals surface area (Å²) in [6.07, 6.45) is -7.33. The molecule has 0 aliphatic carbocycles. The Morgan fingerprint density at radius 3 is 2.17 bits per heavy atom. The van der Waals surface area contributed by atoms with E-state index in [4.69, 9.17) is 15.2 Å². The van der Waals surface area contributed by atoms with Crippen molar-refractivity contribution in [3.8, 4) is 0 Å². The highest BCUT2D eigenvalue weighted by atomic mass is 16.7. The number of nitrogens with two attached hydrogens (primary N) is 1. The fraction of sp³-hybridized carbons (Fsp3) is 1.00. The summed E-state index contributed by atoms with van der Waals surface area (Å²) in [6.45, 7) is 0.387. The Labute approximate surface area is 170 Å². The van der Waals surface area contributed by atoms with Gasteiger partial charge in [-0.15, -0.1) is 0 Å². The second-order valence-electron chi connectivity index (χ2n) is 7.80. The molecule has 29 heavy (non-hydrogen) atoms. The van der Waals surface area contributed by atoms with E-state index in [0.29, 0.717) is 13.1 Å². The molecule has 9 N–H and O–H groups in total. The lowest BCUT2D eigenvalue weighted by Crippen LogP contribution is -2.66. The lowest BCUT2D eigenvalue weighted by Gasteiger charge is -2.47. The van der Waals surface area contributed by atoms with Gasteiger partial charge in [0.1, 0.15) is 36.6 Å². The largest absolute Gasteiger partial charge is 0.395 e. The normalized spacial score (nSPS) is 41.6. The van der Waals surface area contributed by atoms with Gasteiger partial charge in [-0.3, -0.25) is 4.90 Å². The number of piperidine rings is 1. The molecule has 2 fully saturated rings. The number of β-amino-alcohol motifs (C(OH)–C–C–N with tert-alkyl or cyclic N) is 1. The summed E-state index contributed by atoms with van der Waals surface area (Å²) in [5, 5.41) is 70.0. The van der Waals surface area contributed by atoms with E-state index >= 15 is 0 Å². The van der Waals surface area contributed by atoms with Gasteiger partial charge in [0.05, 0.1) is 25.4 Å². The van der Waals surface area contributed by atoms with Crippen LogP contribution in [0.3, 0.4) is 0 Å². The second-order valence-corrected chi connectivity index (χ2v) is 7.80. The topological polar surface area (TPSA) is 189 Å². The quantitative estimate of drug-likeness (QED) is 0.160. The van der Waals surface area contributed by atoms with Crippen LogP contribution in [-0.4, -0.2) is 129 Å². The molecule has 11 heteroatoms. The van der Waals surface area contributed by atoms with E-state index in [-0.39, 0.29) is 13.2 Å². The van der Waals surface area contributed by atoms with Crippen LogP contribution in [-0.2, 0) is 9.47 Å². The van der Waals surface area contributed by atoms with Gasteiger partial charge in [0, 0.05) is 6.54 Å². The van der Waals surface area contributed by atoms with Gasteiger partial charge >= 0.3 is 0 Å². The minimum atomic E-state index is -1.64. The maximum atomic E-state index is 10.7. The van der Waals surface area contributed by atoms with Gasteiger partial charge in [0.25, 0.3) is 0 Å². The molecule has 172 valence electrons. The predicted molar refractivity (Wildman–Crippen MR) is 101 cm³/mol. The molecule has 0 saturated carbocycles. The number of likely N-dealkylation sites (tertiary alicyclic amines) is 1. The summed E-state index contributed by atoms with van der Waals surface area (Å²) in [6, 6.07) is -0.678. The van der Waals surface area contributed by atoms with Crippen LogP contribution in [0.15, 0.2) is 0 Å². The van der Waals surface area contributed by atoms with E-state index in [2.05, 4.69) is 0 Å². The molecule has 9 atom stereocenters. The molecule has 0 radical (unpaired) electrons. The van der Waals surface area contributed by atoms with Crippen LogP contribution in [0, 0.1) is 0 Å². The fourth-order valence-electron chi connectivity index (χ4n) is 3.94. The van der Waals surface area contributed by atoms with Gasteiger partial charge in [-0.1, -0.05) is 12.8 Å². The first-order chi connectivity index (χ1) is 13.8. The fourth-order valence-corrected chi connectivity index (χ4v) is 3.94. The first-order valence-electron chi connectivity index (χ1n) is 10.2. The molecule has 2 saturated heterocycles. The molecule has 0 aromatic carbocycles. The molecule has 2 heterocycles. The molecule has 0 aromatic rings. The molecule has 0 spiro atoms. The van der Waals surface area contributed by atoms with Crippen molar-refractivity contribution in [2.45, 2.75) is 80.7 Å². The highest BCUT2D eigenvalue weighted by Crippen LogP contribution is 2.28.